The Bertz CT molecular complexity index is 995. The minimum absolute atomic E-state index is 0.261. The summed E-state index contributed by atoms with van der Waals surface area (Å²) in [6.45, 7) is 8.11. The van der Waals surface area contributed by atoms with E-state index < -0.39 is 0 Å². The molecule has 0 radical (unpaired) electrons. The Kier molecular flexibility index (Phi) is 5.39. The minimum Gasteiger partial charge on any atom is -0.345 e. The number of pyridine rings is 1. The summed E-state index contributed by atoms with van der Waals surface area (Å²) in [5.74, 6) is 0. The molecule has 3 N–H and O–H groups in total. The third-order valence-electron chi connectivity index (χ3n) is 4.29. The molecule has 0 amide bonds. The Morgan fingerprint density at radius 1 is 1.31 bits per heavy atom. The van der Waals surface area contributed by atoms with Crippen LogP contribution in [0.4, 0.5) is 0 Å². The molecule has 0 saturated carbocycles. The van der Waals surface area contributed by atoms with Gasteiger partial charge in [-0.05, 0) is 37.8 Å². The molecule has 0 saturated heterocycles. The first-order chi connectivity index (χ1) is 12.7. The summed E-state index contributed by atoms with van der Waals surface area (Å²) in [5.41, 5.74) is 12.4. The van der Waals surface area contributed by atoms with Crippen molar-refractivity contribution in [3.63, 3.8) is 0 Å². The Balaban J connectivity index is 2.12. The van der Waals surface area contributed by atoms with Gasteiger partial charge in [0.05, 0.1) is 12.4 Å². The monoisotopic (exact) mass is 345 g/mol. The van der Waals surface area contributed by atoms with E-state index in [4.69, 9.17) is 5.73 Å². The number of aryl methyl sites for hydroxylation is 1. The molecule has 0 spiro atoms. The van der Waals surface area contributed by atoms with Crippen molar-refractivity contribution in [2.24, 2.45) is 15.7 Å². The molecule has 132 valence electrons. The fourth-order valence-corrected chi connectivity index (χ4v) is 2.94. The standard InChI is InChI=1S/C21H23N5/c1-4-17(26-13-22)10-20(23-3)19-12-25-21-18(19)9-16(11-24-21)15-7-5-6-14(2)8-15/h5-12H,3-4,13,22H2,1-2H3,(H,24,25)/b20-10-,26-17-. The molecule has 0 aliphatic heterocycles. The SMILES string of the molecule is C=N/C(=C\C(CC)=N/CN)c1c[nH]c2ncc(-c3cccc(C)c3)cc12. The first-order valence-corrected chi connectivity index (χ1v) is 8.62. The van der Waals surface area contributed by atoms with Crippen molar-refractivity contribution in [2.75, 3.05) is 6.67 Å². The summed E-state index contributed by atoms with van der Waals surface area (Å²) in [5, 5.41) is 1.01. The third-order valence-corrected chi connectivity index (χ3v) is 4.29. The quantitative estimate of drug-likeness (QED) is 0.651. The maximum atomic E-state index is 5.55. The summed E-state index contributed by atoms with van der Waals surface area (Å²) in [6.07, 6.45) is 6.51. The topological polar surface area (TPSA) is 79.4 Å². The summed E-state index contributed by atoms with van der Waals surface area (Å²) in [6, 6.07) is 10.5. The highest BCUT2D eigenvalue weighted by atomic mass is 14.9. The first-order valence-electron chi connectivity index (χ1n) is 8.62. The minimum atomic E-state index is 0.261. The fraction of sp³-hybridized carbons (Fsp3) is 0.190. The van der Waals surface area contributed by atoms with Crippen molar-refractivity contribution in [3.05, 3.63) is 59.9 Å². The smallest absolute Gasteiger partial charge is 0.137 e. The van der Waals surface area contributed by atoms with E-state index in [9.17, 15) is 0 Å². The Morgan fingerprint density at radius 2 is 2.15 bits per heavy atom. The Labute approximate surface area is 153 Å². The largest absolute Gasteiger partial charge is 0.345 e. The van der Waals surface area contributed by atoms with Gasteiger partial charge in [0.1, 0.15) is 5.65 Å². The lowest BCUT2D eigenvalue weighted by Crippen LogP contribution is -2.01. The van der Waals surface area contributed by atoms with Crippen LogP contribution < -0.4 is 5.73 Å². The lowest BCUT2D eigenvalue weighted by atomic mass is 10.0. The van der Waals surface area contributed by atoms with E-state index in [0.717, 1.165) is 45.6 Å². The molecule has 0 aliphatic carbocycles. The molecular formula is C21H23N5. The number of nitrogens with two attached hydrogens (primary N) is 1. The number of hydrogen-bond acceptors (Lipinski definition) is 4. The van der Waals surface area contributed by atoms with Gasteiger partial charge in [0.25, 0.3) is 0 Å². The van der Waals surface area contributed by atoms with E-state index in [0.29, 0.717) is 0 Å². The highest BCUT2D eigenvalue weighted by Crippen LogP contribution is 2.29. The average Bonchev–Trinajstić information content (AvgIpc) is 3.08. The number of aliphatic imine (C=N–C) groups is 2. The van der Waals surface area contributed by atoms with Gasteiger partial charge in [-0.25, -0.2) is 4.98 Å². The zero-order valence-corrected chi connectivity index (χ0v) is 15.2. The highest BCUT2D eigenvalue weighted by molar-refractivity contribution is 6.04. The van der Waals surface area contributed by atoms with E-state index in [2.05, 4.69) is 63.9 Å². The molecule has 5 nitrogen and oxygen atoms in total. The molecule has 1 aromatic carbocycles. The van der Waals surface area contributed by atoms with E-state index >= 15 is 0 Å². The van der Waals surface area contributed by atoms with Gasteiger partial charge in [0.2, 0.25) is 0 Å². The number of nitrogens with zero attached hydrogens (tertiary/aromatic N) is 3. The number of allylic oxidation sites excluding steroid dienone is 1. The molecule has 2 aromatic heterocycles. The average molecular weight is 345 g/mol. The molecule has 3 rings (SSSR count). The number of nitrogens with one attached hydrogen (secondary N) is 1. The number of benzene rings is 1. The van der Waals surface area contributed by atoms with Gasteiger partial charge >= 0.3 is 0 Å². The Morgan fingerprint density at radius 3 is 2.85 bits per heavy atom. The molecule has 0 bridgehead atoms. The molecule has 0 atom stereocenters. The van der Waals surface area contributed by atoms with Gasteiger partial charge in [-0.2, -0.15) is 0 Å². The number of rotatable bonds is 6. The zero-order chi connectivity index (χ0) is 18.5. The van der Waals surface area contributed by atoms with Crippen molar-refractivity contribution in [1.29, 1.82) is 0 Å². The third kappa shape index (κ3) is 3.63. The number of fused-ring (bicyclic) bond motifs is 1. The molecule has 0 unspecified atom stereocenters. The van der Waals surface area contributed by atoms with Crippen LogP contribution in [0.15, 0.2) is 58.8 Å². The second kappa shape index (κ2) is 7.89. The van der Waals surface area contributed by atoms with Crippen LogP contribution in [0.25, 0.3) is 27.9 Å². The van der Waals surface area contributed by atoms with E-state index in [-0.39, 0.29) is 6.67 Å². The molecule has 0 aliphatic rings. The zero-order valence-electron chi connectivity index (χ0n) is 15.2. The fourth-order valence-electron chi connectivity index (χ4n) is 2.94. The van der Waals surface area contributed by atoms with Gasteiger partial charge in [0, 0.05) is 34.6 Å². The van der Waals surface area contributed by atoms with Crippen molar-refractivity contribution >= 4 is 29.2 Å². The van der Waals surface area contributed by atoms with Crippen LogP contribution >= 0.6 is 0 Å². The van der Waals surface area contributed by atoms with E-state index in [1.54, 1.807) is 0 Å². The highest BCUT2D eigenvalue weighted by Gasteiger charge is 2.11. The predicted molar refractivity (Wildman–Crippen MR) is 111 cm³/mol. The number of aromatic amines is 1. The maximum absolute atomic E-state index is 5.55. The number of hydrogen-bond donors (Lipinski definition) is 2. The lowest BCUT2D eigenvalue weighted by molar-refractivity contribution is 1.05. The van der Waals surface area contributed by atoms with E-state index in [1.807, 2.05) is 25.4 Å². The normalized spacial score (nSPS) is 12.6. The van der Waals surface area contributed by atoms with Crippen LogP contribution in [0.1, 0.15) is 24.5 Å². The summed E-state index contributed by atoms with van der Waals surface area (Å²) >= 11 is 0. The van der Waals surface area contributed by atoms with Gasteiger partial charge in [-0.3, -0.25) is 9.98 Å². The van der Waals surface area contributed by atoms with Gasteiger partial charge < -0.3 is 10.7 Å². The van der Waals surface area contributed by atoms with Crippen molar-refractivity contribution in [3.8, 4) is 11.1 Å². The second-order valence-electron chi connectivity index (χ2n) is 6.07. The van der Waals surface area contributed by atoms with Crippen molar-refractivity contribution in [2.45, 2.75) is 20.3 Å². The summed E-state index contributed by atoms with van der Waals surface area (Å²) < 4.78 is 0. The second-order valence-corrected chi connectivity index (χ2v) is 6.07. The van der Waals surface area contributed by atoms with Crippen molar-refractivity contribution in [1.82, 2.24) is 9.97 Å². The van der Waals surface area contributed by atoms with Gasteiger partial charge in [-0.1, -0.05) is 36.8 Å². The predicted octanol–water partition coefficient (Wildman–Crippen LogP) is 4.35. The van der Waals surface area contributed by atoms with Crippen LogP contribution in [0, 0.1) is 6.92 Å². The van der Waals surface area contributed by atoms with Crippen LogP contribution in [0.3, 0.4) is 0 Å². The van der Waals surface area contributed by atoms with Gasteiger partial charge in [0.15, 0.2) is 0 Å². The molecule has 26 heavy (non-hydrogen) atoms. The first kappa shape index (κ1) is 17.8. The van der Waals surface area contributed by atoms with Crippen LogP contribution in [0.2, 0.25) is 0 Å². The van der Waals surface area contributed by atoms with E-state index in [1.165, 1.54) is 5.56 Å². The summed E-state index contributed by atoms with van der Waals surface area (Å²) in [7, 11) is 0. The Hall–Kier alpha value is -3.05. The molecular weight excluding hydrogens is 322 g/mol. The van der Waals surface area contributed by atoms with Crippen LogP contribution in [-0.4, -0.2) is 29.1 Å². The number of H-pyrrole nitrogens is 1. The number of aromatic nitrogens is 2. The molecule has 0 fully saturated rings. The van der Waals surface area contributed by atoms with Crippen LogP contribution in [0.5, 0.6) is 0 Å². The molecule has 3 aromatic rings. The molecule has 2 heterocycles. The van der Waals surface area contributed by atoms with Crippen molar-refractivity contribution < 1.29 is 0 Å². The maximum Gasteiger partial charge on any atom is 0.137 e. The summed E-state index contributed by atoms with van der Waals surface area (Å²) in [4.78, 5) is 16.3. The lowest BCUT2D eigenvalue weighted by Gasteiger charge is -2.05. The van der Waals surface area contributed by atoms with Gasteiger partial charge in [-0.15, -0.1) is 0 Å². The molecule has 5 heteroatoms. The van der Waals surface area contributed by atoms with Crippen LogP contribution in [-0.2, 0) is 0 Å².